The first kappa shape index (κ1) is 43.9. The molecule has 6 heterocycles. The van der Waals surface area contributed by atoms with Crippen LogP contribution in [0.4, 0.5) is 16.4 Å². The quantitative estimate of drug-likeness (QED) is 0.0847. The van der Waals surface area contributed by atoms with E-state index in [2.05, 4.69) is 32.3 Å². The molecule has 2 aliphatic rings. The van der Waals surface area contributed by atoms with E-state index in [1.54, 1.807) is 36.4 Å². The average molecular weight is 873 g/mol. The molecule has 2 aliphatic heterocycles. The summed E-state index contributed by atoms with van der Waals surface area (Å²) >= 11 is 0. The smallest absolute Gasteiger partial charge is 0.394 e. The van der Waals surface area contributed by atoms with Crippen LogP contribution in [0, 0.1) is 36.5 Å². The molecule has 332 valence electrons. The normalized spacial score (nSPS) is 25.6. The minimum atomic E-state index is -2.01. The van der Waals surface area contributed by atoms with Gasteiger partial charge in [-0.1, -0.05) is 39.8 Å². The summed E-state index contributed by atoms with van der Waals surface area (Å²) in [5.74, 6) is 0.264. The highest BCUT2D eigenvalue weighted by atomic mass is 16.7. The summed E-state index contributed by atoms with van der Waals surface area (Å²) in [4.78, 5) is 21.8. The summed E-state index contributed by atoms with van der Waals surface area (Å²) in [5, 5.41) is 74.9. The molecule has 2 saturated heterocycles. The number of ether oxygens (including phenoxy) is 4. The van der Waals surface area contributed by atoms with Crippen LogP contribution in [0.1, 0.15) is 84.3 Å². The third-order valence-corrected chi connectivity index (χ3v) is 12.1. The molecule has 0 spiro atoms. The molecule has 0 bridgehead atoms. The molecule has 19 heteroatoms. The van der Waals surface area contributed by atoms with Gasteiger partial charge < -0.3 is 50.8 Å². The van der Waals surface area contributed by atoms with E-state index in [1.165, 1.54) is 21.7 Å². The van der Waals surface area contributed by atoms with Gasteiger partial charge in [-0.2, -0.15) is 20.7 Å². The van der Waals surface area contributed by atoms with Crippen molar-refractivity contribution < 1.29 is 44.2 Å². The lowest BCUT2D eigenvalue weighted by Crippen LogP contribution is -2.40. The zero-order chi connectivity index (χ0) is 46.0. The van der Waals surface area contributed by atoms with Crippen molar-refractivity contribution in [3.63, 3.8) is 0 Å². The molecule has 0 radical (unpaired) electrons. The van der Waals surface area contributed by atoms with E-state index >= 15 is 0 Å². The third kappa shape index (κ3) is 7.12. The van der Waals surface area contributed by atoms with Crippen LogP contribution in [0.25, 0.3) is 11.0 Å². The standard InChI is InChI=1S/C45H48N10O9/c1-21(2)35-25(15-31-37(56)39(58)44(17-46,63-31)33-9-7-27-41(48)50-19-52-54(27)33)11-23(5)13-29(35)61-43(60)62-30-14-24(6)12-26(36(30)22(3)4)16-32-38(57)40(59)45(18-47,64-32)34-10-8-28-42(49)51-20-53-55(28)34/h7-14,19-22,31-32,37-40,56-59H,15-16H2,1-6H3,(H2,48,50,52)(H2,49,51,53)/t31-,32-,37-,38-,39-,40-,44+,45+/m1/s1. The summed E-state index contributed by atoms with van der Waals surface area (Å²) in [6, 6.07) is 17.6. The Balaban J connectivity index is 1.05. The zero-order valence-corrected chi connectivity index (χ0v) is 35.9. The van der Waals surface area contributed by atoms with Gasteiger partial charge in [0.2, 0.25) is 11.2 Å². The molecular formula is C45H48N10O9. The van der Waals surface area contributed by atoms with Crippen LogP contribution in [-0.2, 0) is 33.5 Å². The van der Waals surface area contributed by atoms with Crippen molar-refractivity contribution >= 4 is 28.8 Å². The first-order valence-electron chi connectivity index (χ1n) is 20.7. The fraction of sp³-hybridized carbons (Fsp3) is 0.400. The minimum Gasteiger partial charge on any atom is -0.394 e. The molecule has 6 aromatic rings. The number of carbonyl (C=O) groups excluding carboxylic acids is 1. The number of aryl methyl sites for hydroxylation is 2. The van der Waals surface area contributed by atoms with E-state index < -0.39 is 54.0 Å². The number of benzene rings is 2. The van der Waals surface area contributed by atoms with Gasteiger partial charge in [0.25, 0.3) is 0 Å². The number of aromatic nitrogens is 6. The molecule has 0 aliphatic carbocycles. The molecule has 0 saturated carbocycles. The van der Waals surface area contributed by atoms with E-state index in [1.807, 2.05) is 53.7 Å². The van der Waals surface area contributed by atoms with Gasteiger partial charge in [0.05, 0.1) is 23.6 Å². The van der Waals surface area contributed by atoms with Crippen LogP contribution in [0.3, 0.4) is 0 Å². The summed E-state index contributed by atoms with van der Waals surface area (Å²) in [7, 11) is 0. The number of aliphatic hydroxyl groups excluding tert-OH is 4. The van der Waals surface area contributed by atoms with Gasteiger partial charge in [0.1, 0.15) is 71.7 Å². The van der Waals surface area contributed by atoms with Crippen molar-refractivity contribution in [2.75, 3.05) is 11.5 Å². The number of nitrogens with zero attached hydrogens (tertiary/aromatic N) is 8. The van der Waals surface area contributed by atoms with Crippen molar-refractivity contribution in [3.05, 3.63) is 106 Å². The summed E-state index contributed by atoms with van der Waals surface area (Å²) in [6.07, 6.45) is -7.02. The summed E-state index contributed by atoms with van der Waals surface area (Å²) in [6.45, 7) is 11.3. The van der Waals surface area contributed by atoms with Gasteiger partial charge in [-0.15, -0.1) is 0 Å². The highest BCUT2D eigenvalue weighted by Crippen LogP contribution is 2.45. The second kappa shape index (κ2) is 16.4. The maximum Gasteiger partial charge on any atom is 0.519 e. The lowest BCUT2D eigenvalue weighted by atomic mass is 9.88. The first-order chi connectivity index (χ1) is 30.4. The van der Waals surface area contributed by atoms with Gasteiger partial charge in [-0.3, -0.25) is 0 Å². The highest BCUT2D eigenvalue weighted by Gasteiger charge is 2.59. The van der Waals surface area contributed by atoms with E-state index in [-0.39, 0.29) is 59.2 Å². The number of hydrogen-bond donors (Lipinski definition) is 6. The Kier molecular flexibility index (Phi) is 11.3. The lowest BCUT2D eigenvalue weighted by molar-refractivity contribution is -0.0501. The van der Waals surface area contributed by atoms with Gasteiger partial charge in [-0.25, -0.2) is 23.8 Å². The molecule has 4 aromatic heterocycles. The number of rotatable bonds is 10. The maximum absolute atomic E-state index is 13.9. The molecule has 2 fully saturated rings. The molecular weight excluding hydrogens is 825 g/mol. The van der Waals surface area contributed by atoms with Crippen LogP contribution >= 0.6 is 0 Å². The van der Waals surface area contributed by atoms with Crippen molar-refractivity contribution in [2.24, 2.45) is 0 Å². The Bertz CT molecular complexity index is 2690. The monoisotopic (exact) mass is 872 g/mol. The third-order valence-electron chi connectivity index (χ3n) is 12.1. The topological polar surface area (TPSA) is 295 Å². The predicted octanol–water partition coefficient (Wildman–Crippen LogP) is 3.54. The summed E-state index contributed by atoms with van der Waals surface area (Å²) in [5.41, 5.74) is 13.1. The number of carbonyl (C=O) groups is 1. The average Bonchev–Trinajstić information content (AvgIpc) is 3.99. The van der Waals surface area contributed by atoms with E-state index in [0.29, 0.717) is 44.4 Å². The number of anilines is 2. The Labute approximate surface area is 367 Å². The second-order valence-corrected chi connectivity index (χ2v) is 17.0. The van der Waals surface area contributed by atoms with Crippen LogP contribution in [0.5, 0.6) is 11.5 Å². The zero-order valence-electron chi connectivity index (χ0n) is 35.9. The number of nitriles is 2. The number of nitrogen functional groups attached to an aromatic ring is 2. The Morgan fingerprint density at radius 2 is 1.11 bits per heavy atom. The number of aliphatic hydroxyl groups is 4. The largest absolute Gasteiger partial charge is 0.519 e. The van der Waals surface area contributed by atoms with Crippen molar-refractivity contribution in [1.82, 2.24) is 29.2 Å². The van der Waals surface area contributed by atoms with Crippen LogP contribution < -0.4 is 20.9 Å². The van der Waals surface area contributed by atoms with Gasteiger partial charge >= 0.3 is 6.16 Å². The van der Waals surface area contributed by atoms with Gasteiger partial charge in [0, 0.05) is 24.0 Å². The van der Waals surface area contributed by atoms with E-state index in [9.17, 15) is 35.7 Å². The molecule has 64 heavy (non-hydrogen) atoms. The van der Waals surface area contributed by atoms with Crippen molar-refractivity contribution in [2.45, 2.75) is 114 Å². The van der Waals surface area contributed by atoms with E-state index in [4.69, 9.17) is 30.4 Å². The fourth-order valence-corrected chi connectivity index (χ4v) is 9.29. The molecule has 8 rings (SSSR count). The number of hydrogen-bond acceptors (Lipinski definition) is 17. The lowest BCUT2D eigenvalue weighted by Gasteiger charge is -2.25. The minimum absolute atomic E-state index is 0.0286. The summed E-state index contributed by atoms with van der Waals surface area (Å²) < 4.78 is 27.2. The van der Waals surface area contributed by atoms with Gasteiger partial charge in [0.15, 0.2) is 11.6 Å². The highest BCUT2D eigenvalue weighted by molar-refractivity contribution is 5.70. The molecule has 2 aromatic carbocycles. The first-order valence-corrected chi connectivity index (χ1v) is 20.7. The SMILES string of the molecule is Cc1cc(C[C@H]2O[C@@](C#N)(c3ccc4c(N)ncnn34)[C@H](O)[C@@H]2O)c(C(C)C)c(OC(=O)Oc2cc(C)cc(C[C@H]3O[C@@](C#N)(c4ccc5c(N)ncnn45)[C@H](O)[C@@H]3O)c2C(C)C)c1. The van der Waals surface area contributed by atoms with Crippen LogP contribution in [-0.4, -0.2) is 92.4 Å². The van der Waals surface area contributed by atoms with Crippen LogP contribution in [0.2, 0.25) is 0 Å². The van der Waals surface area contributed by atoms with Crippen LogP contribution in [0.15, 0.2) is 61.2 Å². The second-order valence-electron chi connectivity index (χ2n) is 17.0. The van der Waals surface area contributed by atoms with Crippen molar-refractivity contribution in [1.29, 1.82) is 10.5 Å². The molecule has 19 nitrogen and oxygen atoms in total. The molecule has 0 unspecified atom stereocenters. The number of nitrogens with two attached hydrogens (primary N) is 2. The molecule has 0 amide bonds. The van der Waals surface area contributed by atoms with E-state index in [0.717, 1.165) is 0 Å². The van der Waals surface area contributed by atoms with Gasteiger partial charge in [-0.05, 0) is 84.3 Å². The Hall–Kier alpha value is -6.71. The Morgan fingerprint density at radius 1 is 0.719 bits per heavy atom. The Morgan fingerprint density at radius 3 is 1.47 bits per heavy atom. The van der Waals surface area contributed by atoms with Crippen molar-refractivity contribution in [3.8, 4) is 23.6 Å². The number of fused-ring (bicyclic) bond motifs is 2. The molecule has 8 atom stereocenters. The fourth-order valence-electron chi connectivity index (χ4n) is 9.29. The predicted molar refractivity (Wildman–Crippen MR) is 228 cm³/mol. The molecule has 8 N–H and O–H groups in total. The maximum atomic E-state index is 13.9.